The standard InChI is InChI=1S/C18H24N2O2.ClH/c21-17(13-16-7-4-10-19-16)20-11-8-15(9-12-20)18(22)14-5-2-1-3-6-14;/h1-3,5-6,15-16,19H,4,7-13H2;1H. The fourth-order valence-corrected chi connectivity index (χ4v) is 3.50. The predicted molar refractivity (Wildman–Crippen MR) is 93.0 cm³/mol. The Morgan fingerprint density at radius 1 is 1.09 bits per heavy atom. The van der Waals surface area contributed by atoms with Crippen molar-refractivity contribution in [1.82, 2.24) is 10.2 Å². The summed E-state index contributed by atoms with van der Waals surface area (Å²) < 4.78 is 0. The number of hydrogen-bond donors (Lipinski definition) is 1. The summed E-state index contributed by atoms with van der Waals surface area (Å²) in [6.45, 7) is 2.47. The third-order valence-corrected chi connectivity index (χ3v) is 4.86. The number of rotatable bonds is 4. The summed E-state index contributed by atoms with van der Waals surface area (Å²) in [5.74, 6) is 0.534. The van der Waals surface area contributed by atoms with Crippen LogP contribution in [0.25, 0.3) is 0 Å². The zero-order valence-corrected chi connectivity index (χ0v) is 14.2. The van der Waals surface area contributed by atoms with Crippen LogP contribution in [0.4, 0.5) is 0 Å². The van der Waals surface area contributed by atoms with E-state index in [2.05, 4.69) is 5.32 Å². The van der Waals surface area contributed by atoms with Gasteiger partial charge < -0.3 is 10.2 Å². The first-order valence-electron chi connectivity index (χ1n) is 8.34. The Balaban J connectivity index is 0.00000192. The van der Waals surface area contributed by atoms with Gasteiger partial charge in [0.25, 0.3) is 0 Å². The van der Waals surface area contributed by atoms with E-state index >= 15 is 0 Å². The van der Waals surface area contributed by atoms with Crippen LogP contribution in [0.1, 0.15) is 42.5 Å². The third kappa shape index (κ3) is 4.55. The van der Waals surface area contributed by atoms with Gasteiger partial charge in [-0.1, -0.05) is 30.3 Å². The molecule has 1 aromatic carbocycles. The minimum atomic E-state index is 0. The Morgan fingerprint density at radius 3 is 2.39 bits per heavy atom. The molecule has 0 aliphatic carbocycles. The SMILES string of the molecule is Cl.O=C(c1ccccc1)C1CCN(C(=O)CC2CCCN2)CC1. The molecule has 0 aromatic heterocycles. The fourth-order valence-electron chi connectivity index (χ4n) is 3.50. The molecule has 3 rings (SSSR count). The number of piperidine rings is 1. The van der Waals surface area contributed by atoms with Crippen LogP contribution in [0.5, 0.6) is 0 Å². The monoisotopic (exact) mass is 336 g/mol. The molecule has 1 atom stereocenters. The lowest BCUT2D eigenvalue weighted by Gasteiger charge is -2.32. The molecule has 0 spiro atoms. The molecule has 126 valence electrons. The second-order valence-electron chi connectivity index (χ2n) is 6.38. The molecular weight excluding hydrogens is 312 g/mol. The number of benzene rings is 1. The van der Waals surface area contributed by atoms with Crippen LogP contribution in [0.2, 0.25) is 0 Å². The van der Waals surface area contributed by atoms with Gasteiger partial charge in [0, 0.05) is 37.0 Å². The van der Waals surface area contributed by atoms with Crippen molar-refractivity contribution in [2.24, 2.45) is 5.92 Å². The van der Waals surface area contributed by atoms with Crippen LogP contribution in [0, 0.1) is 5.92 Å². The summed E-state index contributed by atoms with van der Waals surface area (Å²) in [5, 5.41) is 3.37. The van der Waals surface area contributed by atoms with E-state index in [0.717, 1.165) is 44.5 Å². The van der Waals surface area contributed by atoms with Crippen molar-refractivity contribution in [1.29, 1.82) is 0 Å². The number of likely N-dealkylation sites (tertiary alicyclic amines) is 1. The van der Waals surface area contributed by atoms with E-state index in [0.29, 0.717) is 12.5 Å². The Morgan fingerprint density at radius 2 is 1.78 bits per heavy atom. The molecular formula is C18H25ClN2O2. The molecule has 2 heterocycles. The topological polar surface area (TPSA) is 49.4 Å². The van der Waals surface area contributed by atoms with Gasteiger partial charge in [0.1, 0.15) is 0 Å². The van der Waals surface area contributed by atoms with Gasteiger partial charge in [0.15, 0.2) is 5.78 Å². The molecule has 5 heteroatoms. The number of hydrogen-bond acceptors (Lipinski definition) is 3. The minimum Gasteiger partial charge on any atom is -0.343 e. The molecule has 2 fully saturated rings. The molecule has 1 aromatic rings. The summed E-state index contributed by atoms with van der Waals surface area (Å²) in [7, 11) is 0. The highest BCUT2D eigenvalue weighted by Gasteiger charge is 2.29. The second-order valence-corrected chi connectivity index (χ2v) is 6.38. The van der Waals surface area contributed by atoms with Gasteiger partial charge in [-0.25, -0.2) is 0 Å². The van der Waals surface area contributed by atoms with Crippen LogP contribution >= 0.6 is 12.4 Å². The van der Waals surface area contributed by atoms with Crippen molar-refractivity contribution in [3.8, 4) is 0 Å². The van der Waals surface area contributed by atoms with Gasteiger partial charge in [-0.15, -0.1) is 12.4 Å². The number of amides is 1. The Kier molecular flexibility index (Phi) is 6.60. The molecule has 0 bridgehead atoms. The largest absolute Gasteiger partial charge is 0.343 e. The van der Waals surface area contributed by atoms with Crippen LogP contribution in [-0.2, 0) is 4.79 Å². The van der Waals surface area contributed by atoms with E-state index in [-0.39, 0.29) is 30.0 Å². The van der Waals surface area contributed by atoms with Gasteiger partial charge >= 0.3 is 0 Å². The molecule has 0 radical (unpaired) electrons. The quantitative estimate of drug-likeness (QED) is 0.860. The maximum absolute atomic E-state index is 12.4. The molecule has 1 N–H and O–H groups in total. The summed E-state index contributed by atoms with van der Waals surface area (Å²) in [4.78, 5) is 26.7. The van der Waals surface area contributed by atoms with Gasteiger partial charge in [-0.3, -0.25) is 9.59 Å². The first-order valence-corrected chi connectivity index (χ1v) is 8.34. The van der Waals surface area contributed by atoms with Crippen molar-refractivity contribution in [2.75, 3.05) is 19.6 Å². The van der Waals surface area contributed by atoms with Gasteiger partial charge in [-0.05, 0) is 32.2 Å². The number of carbonyl (C=O) groups excluding carboxylic acids is 2. The maximum atomic E-state index is 12.4. The highest BCUT2D eigenvalue weighted by atomic mass is 35.5. The highest BCUT2D eigenvalue weighted by molar-refractivity contribution is 5.98. The molecule has 23 heavy (non-hydrogen) atoms. The smallest absolute Gasteiger partial charge is 0.224 e. The lowest BCUT2D eigenvalue weighted by Crippen LogP contribution is -2.42. The molecule has 0 saturated carbocycles. The fraction of sp³-hybridized carbons (Fsp3) is 0.556. The molecule has 2 aliphatic heterocycles. The number of nitrogens with zero attached hydrogens (tertiary/aromatic N) is 1. The molecule has 2 aliphatic rings. The summed E-state index contributed by atoms with van der Waals surface area (Å²) >= 11 is 0. The Bertz CT molecular complexity index is 521. The summed E-state index contributed by atoms with van der Waals surface area (Å²) in [6.07, 6.45) is 4.47. The number of halogens is 1. The zero-order valence-electron chi connectivity index (χ0n) is 13.4. The van der Waals surface area contributed by atoms with Crippen molar-refractivity contribution >= 4 is 24.1 Å². The average Bonchev–Trinajstić information content (AvgIpc) is 3.08. The molecule has 1 unspecified atom stereocenters. The van der Waals surface area contributed by atoms with E-state index in [1.807, 2.05) is 35.2 Å². The maximum Gasteiger partial charge on any atom is 0.224 e. The van der Waals surface area contributed by atoms with Crippen LogP contribution in [-0.4, -0.2) is 42.3 Å². The first-order chi connectivity index (χ1) is 10.7. The number of carbonyl (C=O) groups is 2. The van der Waals surface area contributed by atoms with Gasteiger partial charge in [0.05, 0.1) is 0 Å². The van der Waals surface area contributed by atoms with Crippen molar-refractivity contribution in [3.05, 3.63) is 35.9 Å². The summed E-state index contributed by atoms with van der Waals surface area (Å²) in [6, 6.07) is 9.85. The summed E-state index contributed by atoms with van der Waals surface area (Å²) in [5.41, 5.74) is 0.794. The molecule has 2 saturated heterocycles. The van der Waals surface area contributed by atoms with E-state index in [4.69, 9.17) is 0 Å². The second kappa shape index (κ2) is 8.46. The Hall–Kier alpha value is -1.39. The average molecular weight is 337 g/mol. The third-order valence-electron chi connectivity index (χ3n) is 4.86. The molecule has 1 amide bonds. The lowest BCUT2D eigenvalue weighted by atomic mass is 9.88. The number of ketones is 1. The van der Waals surface area contributed by atoms with Crippen LogP contribution in [0.15, 0.2) is 30.3 Å². The normalized spacial score (nSPS) is 21.7. The first kappa shape index (κ1) is 18.0. The van der Waals surface area contributed by atoms with Crippen LogP contribution in [0.3, 0.4) is 0 Å². The van der Waals surface area contributed by atoms with E-state index in [9.17, 15) is 9.59 Å². The van der Waals surface area contributed by atoms with Crippen molar-refractivity contribution in [3.63, 3.8) is 0 Å². The number of nitrogens with one attached hydrogen (secondary N) is 1. The van der Waals surface area contributed by atoms with E-state index in [1.54, 1.807) is 0 Å². The van der Waals surface area contributed by atoms with Gasteiger partial charge in [0.2, 0.25) is 5.91 Å². The molecule has 4 nitrogen and oxygen atoms in total. The highest BCUT2D eigenvalue weighted by Crippen LogP contribution is 2.23. The zero-order chi connectivity index (χ0) is 15.4. The number of Topliss-reactive ketones (excluding diaryl/α,β-unsaturated/α-hetero) is 1. The van der Waals surface area contributed by atoms with E-state index in [1.165, 1.54) is 6.42 Å². The minimum absolute atomic E-state index is 0. The predicted octanol–water partition coefficient (Wildman–Crippen LogP) is 2.67. The lowest BCUT2D eigenvalue weighted by molar-refractivity contribution is -0.132. The van der Waals surface area contributed by atoms with Crippen molar-refractivity contribution in [2.45, 2.75) is 38.1 Å². The Labute approximate surface area is 144 Å². The van der Waals surface area contributed by atoms with Gasteiger partial charge in [-0.2, -0.15) is 0 Å². The van der Waals surface area contributed by atoms with E-state index < -0.39 is 0 Å². The van der Waals surface area contributed by atoms with Crippen molar-refractivity contribution < 1.29 is 9.59 Å². The van der Waals surface area contributed by atoms with Crippen LogP contribution < -0.4 is 5.32 Å².